The zero-order valence-electron chi connectivity index (χ0n) is 12.7. The number of rotatable bonds is 5. The van der Waals surface area contributed by atoms with Crippen LogP contribution in [0.25, 0.3) is 0 Å². The lowest BCUT2D eigenvalue weighted by Gasteiger charge is -2.09. The van der Waals surface area contributed by atoms with Crippen molar-refractivity contribution in [3.8, 4) is 5.75 Å². The zero-order chi connectivity index (χ0) is 18.2. The molecule has 0 saturated heterocycles. The van der Waals surface area contributed by atoms with E-state index in [-0.39, 0.29) is 17.3 Å². The lowest BCUT2D eigenvalue weighted by Crippen LogP contribution is -2.49. The van der Waals surface area contributed by atoms with Gasteiger partial charge in [0.25, 0.3) is 5.91 Å². The van der Waals surface area contributed by atoms with E-state index in [2.05, 4.69) is 5.32 Å². The highest BCUT2D eigenvalue weighted by molar-refractivity contribution is 6.35. The Morgan fingerprint density at radius 1 is 1.16 bits per heavy atom. The molecule has 0 aliphatic carbocycles. The summed E-state index contributed by atoms with van der Waals surface area (Å²) in [7, 11) is 0. The van der Waals surface area contributed by atoms with E-state index in [1.54, 1.807) is 12.1 Å². The van der Waals surface area contributed by atoms with Crippen LogP contribution in [-0.4, -0.2) is 24.3 Å². The third-order valence-corrected chi connectivity index (χ3v) is 3.07. The average molecular weight is 370 g/mol. The van der Waals surface area contributed by atoms with Crippen LogP contribution in [0.1, 0.15) is 5.76 Å². The van der Waals surface area contributed by atoms with Crippen molar-refractivity contribution in [2.45, 2.75) is 6.54 Å². The first-order valence-electron chi connectivity index (χ1n) is 6.93. The predicted octanol–water partition coefficient (Wildman–Crippen LogP) is 0.915. The summed E-state index contributed by atoms with van der Waals surface area (Å²) < 4.78 is 22.9. The fraction of sp³-hybridized carbons (Fsp3) is 0.133. The van der Waals surface area contributed by atoms with E-state index in [1.165, 1.54) is 12.3 Å². The Morgan fingerprint density at radius 3 is 2.64 bits per heavy atom. The maximum Gasteiger partial charge on any atom is 0.327 e. The third kappa shape index (κ3) is 5.81. The van der Waals surface area contributed by atoms with Crippen LogP contribution in [0.4, 0.5) is 4.39 Å². The second-order valence-corrected chi connectivity index (χ2v) is 5.03. The summed E-state index contributed by atoms with van der Waals surface area (Å²) in [6, 6.07) is 6.66. The van der Waals surface area contributed by atoms with Crippen LogP contribution in [0.2, 0.25) is 5.02 Å². The van der Waals surface area contributed by atoms with Crippen molar-refractivity contribution < 1.29 is 27.9 Å². The number of nitrogens with one attached hydrogen (secondary N) is 3. The predicted molar refractivity (Wildman–Crippen MR) is 83.7 cm³/mol. The van der Waals surface area contributed by atoms with E-state index in [0.717, 1.165) is 12.1 Å². The van der Waals surface area contributed by atoms with Gasteiger partial charge < -0.3 is 14.5 Å². The van der Waals surface area contributed by atoms with Gasteiger partial charge in [-0.1, -0.05) is 11.6 Å². The van der Waals surface area contributed by atoms with E-state index < -0.39 is 30.1 Å². The summed E-state index contributed by atoms with van der Waals surface area (Å²) in [5.74, 6) is -2.75. The molecule has 0 spiro atoms. The van der Waals surface area contributed by atoms with Crippen molar-refractivity contribution >= 4 is 29.3 Å². The van der Waals surface area contributed by atoms with Crippen LogP contribution in [0.3, 0.4) is 0 Å². The monoisotopic (exact) mass is 369 g/mol. The van der Waals surface area contributed by atoms with Crippen molar-refractivity contribution in [1.29, 1.82) is 0 Å². The highest BCUT2D eigenvalue weighted by Gasteiger charge is 2.15. The second-order valence-electron chi connectivity index (χ2n) is 4.63. The van der Waals surface area contributed by atoms with Crippen molar-refractivity contribution in [3.05, 3.63) is 53.2 Å². The molecule has 25 heavy (non-hydrogen) atoms. The van der Waals surface area contributed by atoms with Gasteiger partial charge in [0.1, 0.15) is 17.3 Å². The van der Waals surface area contributed by atoms with Gasteiger partial charge in [-0.25, -0.2) is 4.39 Å². The Morgan fingerprint density at radius 2 is 1.96 bits per heavy atom. The molecule has 3 N–H and O–H groups in total. The molecule has 0 unspecified atom stereocenters. The van der Waals surface area contributed by atoms with E-state index in [0.29, 0.717) is 5.76 Å². The minimum absolute atomic E-state index is 0.00543. The molecule has 0 aliphatic heterocycles. The molecule has 0 bridgehead atoms. The molecule has 0 aliphatic rings. The first-order valence-corrected chi connectivity index (χ1v) is 7.30. The van der Waals surface area contributed by atoms with Gasteiger partial charge in [-0.05, 0) is 30.3 Å². The van der Waals surface area contributed by atoms with Crippen LogP contribution < -0.4 is 20.9 Å². The SMILES string of the molecule is O=C(COc1ccc(F)cc1Cl)NNC(=O)C(=O)NCc1ccco1. The van der Waals surface area contributed by atoms with Gasteiger partial charge in [0.05, 0.1) is 17.8 Å². The first-order chi connectivity index (χ1) is 12.0. The standard InChI is InChI=1S/C15H13ClFN3O5/c16-11-6-9(17)3-4-12(11)25-8-13(21)19-20-15(23)14(22)18-7-10-2-1-5-24-10/h1-6H,7-8H2,(H,18,22)(H,19,21)(H,20,23). The number of ether oxygens (including phenoxy) is 1. The highest BCUT2D eigenvalue weighted by Crippen LogP contribution is 2.24. The number of hydrogen-bond acceptors (Lipinski definition) is 5. The smallest absolute Gasteiger partial charge is 0.327 e. The molecular formula is C15H13ClFN3O5. The van der Waals surface area contributed by atoms with Gasteiger partial charge in [0.2, 0.25) is 0 Å². The van der Waals surface area contributed by atoms with E-state index >= 15 is 0 Å². The normalized spacial score (nSPS) is 10.0. The lowest BCUT2D eigenvalue weighted by atomic mass is 10.3. The molecule has 0 saturated carbocycles. The molecule has 132 valence electrons. The Hall–Kier alpha value is -3.07. The molecule has 0 radical (unpaired) electrons. The number of amides is 3. The van der Waals surface area contributed by atoms with Gasteiger partial charge in [-0.3, -0.25) is 25.2 Å². The number of carbonyl (C=O) groups excluding carboxylic acids is 3. The molecule has 1 heterocycles. The van der Waals surface area contributed by atoms with Gasteiger partial charge in [0.15, 0.2) is 6.61 Å². The summed E-state index contributed by atoms with van der Waals surface area (Å²) in [5.41, 5.74) is 3.91. The maximum absolute atomic E-state index is 12.9. The largest absolute Gasteiger partial charge is 0.482 e. The van der Waals surface area contributed by atoms with Gasteiger partial charge in [-0.15, -0.1) is 0 Å². The number of carbonyl (C=O) groups is 3. The number of benzene rings is 1. The summed E-state index contributed by atoms with van der Waals surface area (Å²) in [4.78, 5) is 34.6. The van der Waals surface area contributed by atoms with Gasteiger partial charge >= 0.3 is 11.8 Å². The maximum atomic E-state index is 12.9. The first kappa shape index (κ1) is 18.3. The van der Waals surface area contributed by atoms with Crippen LogP contribution in [0.15, 0.2) is 41.0 Å². The summed E-state index contributed by atoms with van der Waals surface area (Å²) in [6.07, 6.45) is 1.43. The number of halogens is 2. The molecule has 2 aromatic rings. The van der Waals surface area contributed by atoms with Crippen LogP contribution >= 0.6 is 11.6 Å². The Bertz CT molecular complexity index is 767. The number of furan rings is 1. The number of hydrazine groups is 1. The van der Waals surface area contributed by atoms with Gasteiger partial charge in [-0.2, -0.15) is 0 Å². The quantitative estimate of drug-likeness (QED) is 0.536. The van der Waals surface area contributed by atoms with Gasteiger partial charge in [0, 0.05) is 0 Å². The van der Waals surface area contributed by atoms with Crippen LogP contribution in [0.5, 0.6) is 5.75 Å². The fourth-order valence-electron chi connectivity index (χ4n) is 1.62. The van der Waals surface area contributed by atoms with E-state index in [4.69, 9.17) is 20.8 Å². The fourth-order valence-corrected chi connectivity index (χ4v) is 1.84. The summed E-state index contributed by atoms with van der Waals surface area (Å²) in [5, 5.41) is 2.29. The Kier molecular flexibility index (Phi) is 6.35. The molecule has 8 nitrogen and oxygen atoms in total. The molecular weight excluding hydrogens is 357 g/mol. The van der Waals surface area contributed by atoms with E-state index in [9.17, 15) is 18.8 Å². The highest BCUT2D eigenvalue weighted by atomic mass is 35.5. The molecule has 1 aromatic heterocycles. The second kappa shape index (κ2) is 8.69. The lowest BCUT2D eigenvalue weighted by molar-refractivity contribution is -0.141. The van der Waals surface area contributed by atoms with Crippen molar-refractivity contribution in [2.75, 3.05) is 6.61 Å². The zero-order valence-corrected chi connectivity index (χ0v) is 13.4. The van der Waals surface area contributed by atoms with Crippen molar-refractivity contribution in [1.82, 2.24) is 16.2 Å². The molecule has 0 atom stereocenters. The number of hydrogen-bond donors (Lipinski definition) is 3. The van der Waals surface area contributed by atoms with Crippen LogP contribution in [0, 0.1) is 5.82 Å². The summed E-state index contributed by atoms with van der Waals surface area (Å²) in [6.45, 7) is -0.473. The molecule has 1 aromatic carbocycles. The summed E-state index contributed by atoms with van der Waals surface area (Å²) >= 11 is 5.73. The molecule has 0 fully saturated rings. The average Bonchev–Trinajstić information content (AvgIpc) is 3.10. The minimum atomic E-state index is -1.07. The Balaban J connectivity index is 1.69. The van der Waals surface area contributed by atoms with Crippen molar-refractivity contribution in [2.24, 2.45) is 0 Å². The topological polar surface area (TPSA) is 110 Å². The Labute approximate surface area is 146 Å². The third-order valence-electron chi connectivity index (χ3n) is 2.78. The van der Waals surface area contributed by atoms with Crippen LogP contribution in [-0.2, 0) is 20.9 Å². The molecule has 10 heteroatoms. The van der Waals surface area contributed by atoms with E-state index in [1.807, 2.05) is 10.9 Å². The van der Waals surface area contributed by atoms with Crippen molar-refractivity contribution in [3.63, 3.8) is 0 Å². The molecule has 2 rings (SSSR count). The molecule has 3 amide bonds. The minimum Gasteiger partial charge on any atom is -0.482 e.